The van der Waals surface area contributed by atoms with Crippen LogP contribution in [0.5, 0.6) is 0 Å². The van der Waals surface area contributed by atoms with E-state index >= 15 is 0 Å². The van der Waals surface area contributed by atoms with Gasteiger partial charge in [0.15, 0.2) is 5.82 Å². The number of hydrogen-bond acceptors (Lipinski definition) is 7. The minimum atomic E-state index is -3.26. The van der Waals surface area contributed by atoms with Gasteiger partial charge in [-0.15, -0.1) is 0 Å². The second-order valence-corrected chi connectivity index (χ2v) is 9.91. The molecule has 1 aliphatic heterocycles. The van der Waals surface area contributed by atoms with Crippen molar-refractivity contribution in [1.29, 1.82) is 0 Å². The van der Waals surface area contributed by atoms with E-state index in [-0.39, 0.29) is 29.9 Å². The molecule has 1 aliphatic carbocycles. The lowest BCUT2D eigenvalue weighted by molar-refractivity contribution is 0.0981. The average Bonchev–Trinajstić information content (AvgIpc) is 3.30. The number of aromatic amines is 1. The standard InChI is InChI=1S/C19H26N6O4S/c1-11(2)21-19(26)29-14-4-3-12(7-14)15-9-18(24-23-15)22-17-8-13-5-6-30(27,28)25-16(13)10-20-17/h8-12,14,25H,3-7H2,1-2H3,(H,21,26)(H2,20,22,23,24). The second kappa shape index (κ2) is 8.13. The van der Waals surface area contributed by atoms with Crippen LogP contribution in [0.1, 0.15) is 50.3 Å². The van der Waals surface area contributed by atoms with Crippen molar-refractivity contribution >= 4 is 33.4 Å². The van der Waals surface area contributed by atoms with Crippen molar-refractivity contribution in [1.82, 2.24) is 20.5 Å². The molecular formula is C19H26N6O4S. The zero-order valence-electron chi connectivity index (χ0n) is 16.9. The molecule has 0 bridgehead atoms. The molecule has 30 heavy (non-hydrogen) atoms. The van der Waals surface area contributed by atoms with Gasteiger partial charge in [0.1, 0.15) is 11.9 Å². The number of anilines is 3. The van der Waals surface area contributed by atoms with Gasteiger partial charge in [0.25, 0.3) is 0 Å². The van der Waals surface area contributed by atoms with Gasteiger partial charge in [-0.1, -0.05) is 0 Å². The normalized spacial score (nSPS) is 22.2. The fourth-order valence-electron chi connectivity index (χ4n) is 3.82. The number of hydrogen-bond donors (Lipinski definition) is 4. The van der Waals surface area contributed by atoms with Crippen molar-refractivity contribution < 1.29 is 17.9 Å². The summed E-state index contributed by atoms with van der Waals surface area (Å²) in [6, 6.07) is 3.82. The average molecular weight is 435 g/mol. The Morgan fingerprint density at radius 1 is 1.27 bits per heavy atom. The molecule has 1 saturated carbocycles. The van der Waals surface area contributed by atoms with Crippen LogP contribution in [-0.2, 0) is 21.2 Å². The van der Waals surface area contributed by atoms with Crippen molar-refractivity contribution in [2.45, 2.75) is 57.6 Å². The summed E-state index contributed by atoms with van der Waals surface area (Å²) >= 11 is 0. The van der Waals surface area contributed by atoms with Gasteiger partial charge in [-0.3, -0.25) is 9.82 Å². The van der Waals surface area contributed by atoms with Gasteiger partial charge in [-0.05, 0) is 51.2 Å². The molecule has 0 radical (unpaired) electrons. The Morgan fingerprint density at radius 2 is 2.10 bits per heavy atom. The number of ether oxygens (including phenoxy) is 1. The predicted molar refractivity (Wildman–Crippen MR) is 112 cm³/mol. The van der Waals surface area contributed by atoms with Crippen LogP contribution < -0.4 is 15.4 Å². The first-order valence-electron chi connectivity index (χ1n) is 10.1. The first kappa shape index (κ1) is 20.5. The first-order valence-corrected chi connectivity index (χ1v) is 11.7. The summed E-state index contributed by atoms with van der Waals surface area (Å²) < 4.78 is 31.3. The van der Waals surface area contributed by atoms with Crippen molar-refractivity contribution in [3.63, 3.8) is 0 Å². The minimum absolute atomic E-state index is 0.0494. The molecule has 0 aromatic carbocycles. The lowest BCUT2D eigenvalue weighted by Crippen LogP contribution is -2.33. The summed E-state index contributed by atoms with van der Waals surface area (Å²) in [6.07, 6.45) is 3.98. The highest BCUT2D eigenvalue weighted by Gasteiger charge is 2.30. The Kier molecular flexibility index (Phi) is 5.54. The Bertz CT molecular complexity index is 1040. The molecule has 2 aliphatic rings. The molecule has 1 fully saturated rings. The highest BCUT2D eigenvalue weighted by atomic mass is 32.2. The van der Waals surface area contributed by atoms with Gasteiger partial charge < -0.3 is 15.4 Å². The SMILES string of the molecule is CC(C)NC(=O)OC1CCC(c2cc(Nc3cc4c(cn3)NS(=O)(=O)CC4)n[nH]2)C1. The predicted octanol–water partition coefficient (Wildman–Crippen LogP) is 2.62. The van der Waals surface area contributed by atoms with Gasteiger partial charge in [0.2, 0.25) is 10.0 Å². The number of aryl methyl sites for hydroxylation is 1. The summed E-state index contributed by atoms with van der Waals surface area (Å²) in [7, 11) is -3.26. The number of aromatic nitrogens is 3. The molecule has 2 unspecified atom stereocenters. The fraction of sp³-hybridized carbons (Fsp3) is 0.526. The molecule has 11 heteroatoms. The summed E-state index contributed by atoms with van der Waals surface area (Å²) in [4.78, 5) is 16.1. The quantitative estimate of drug-likeness (QED) is 0.567. The van der Waals surface area contributed by atoms with Gasteiger partial charge in [0.05, 0.1) is 17.6 Å². The van der Waals surface area contributed by atoms with E-state index in [4.69, 9.17) is 4.74 Å². The van der Waals surface area contributed by atoms with Gasteiger partial charge in [-0.2, -0.15) is 5.10 Å². The number of rotatable bonds is 5. The largest absolute Gasteiger partial charge is 0.446 e. The van der Waals surface area contributed by atoms with Crippen molar-refractivity contribution in [2.24, 2.45) is 0 Å². The van der Waals surface area contributed by atoms with Crippen molar-refractivity contribution in [3.05, 3.63) is 29.6 Å². The number of H-pyrrole nitrogens is 1. The van der Waals surface area contributed by atoms with E-state index in [2.05, 4.69) is 30.5 Å². The number of fused-ring (bicyclic) bond motifs is 1. The van der Waals surface area contributed by atoms with Gasteiger partial charge in [0, 0.05) is 23.7 Å². The number of nitrogens with one attached hydrogen (secondary N) is 4. The maximum Gasteiger partial charge on any atom is 0.407 e. The molecule has 4 rings (SSSR count). The van der Waals surface area contributed by atoms with Crippen LogP contribution in [0.25, 0.3) is 0 Å². The third kappa shape index (κ3) is 4.84. The van der Waals surface area contributed by atoms with E-state index in [1.54, 1.807) is 0 Å². The first-order chi connectivity index (χ1) is 14.3. The summed E-state index contributed by atoms with van der Waals surface area (Å²) in [5, 5.41) is 13.3. The summed E-state index contributed by atoms with van der Waals surface area (Å²) in [6.45, 7) is 3.79. The summed E-state index contributed by atoms with van der Waals surface area (Å²) in [5.74, 6) is 1.55. The van der Waals surface area contributed by atoms with E-state index < -0.39 is 10.0 Å². The number of carbonyl (C=O) groups excluding carboxylic acids is 1. The maximum absolute atomic E-state index is 11.8. The molecular weight excluding hydrogens is 408 g/mol. The number of pyridine rings is 1. The highest BCUT2D eigenvalue weighted by Crippen LogP contribution is 2.36. The van der Waals surface area contributed by atoms with E-state index in [0.29, 0.717) is 23.7 Å². The maximum atomic E-state index is 11.8. The van der Waals surface area contributed by atoms with E-state index in [1.807, 2.05) is 26.0 Å². The molecule has 2 aromatic rings. The molecule has 0 saturated heterocycles. The Balaban J connectivity index is 1.36. The lowest BCUT2D eigenvalue weighted by Gasteiger charge is -2.18. The second-order valence-electron chi connectivity index (χ2n) is 8.07. The van der Waals surface area contributed by atoms with Crippen LogP contribution in [0.3, 0.4) is 0 Å². The third-order valence-electron chi connectivity index (χ3n) is 5.25. The Hall–Kier alpha value is -2.82. The third-order valence-corrected chi connectivity index (χ3v) is 6.53. The van der Waals surface area contributed by atoms with Crippen LogP contribution in [-0.4, -0.2) is 47.6 Å². The van der Waals surface area contributed by atoms with E-state index in [1.165, 1.54) is 6.20 Å². The Labute approximate surface area is 175 Å². The van der Waals surface area contributed by atoms with Gasteiger partial charge in [-0.25, -0.2) is 18.2 Å². The Morgan fingerprint density at radius 3 is 2.90 bits per heavy atom. The van der Waals surface area contributed by atoms with Crippen LogP contribution in [0.4, 0.5) is 22.1 Å². The van der Waals surface area contributed by atoms with E-state index in [9.17, 15) is 13.2 Å². The van der Waals surface area contributed by atoms with Crippen molar-refractivity contribution in [2.75, 3.05) is 15.8 Å². The number of nitrogens with zero attached hydrogens (tertiary/aromatic N) is 2. The van der Waals surface area contributed by atoms with Crippen LogP contribution in [0, 0.1) is 0 Å². The van der Waals surface area contributed by atoms with E-state index in [0.717, 1.165) is 30.5 Å². The minimum Gasteiger partial charge on any atom is -0.446 e. The molecule has 2 atom stereocenters. The summed E-state index contributed by atoms with van der Waals surface area (Å²) in [5.41, 5.74) is 2.40. The molecule has 162 valence electrons. The monoisotopic (exact) mass is 434 g/mol. The zero-order valence-corrected chi connectivity index (χ0v) is 17.8. The molecule has 3 heterocycles. The molecule has 0 spiro atoms. The topological polar surface area (TPSA) is 138 Å². The smallest absolute Gasteiger partial charge is 0.407 e. The number of alkyl carbamates (subject to hydrolysis) is 1. The fourth-order valence-corrected chi connectivity index (χ4v) is 4.93. The number of carbonyl (C=O) groups is 1. The molecule has 10 nitrogen and oxygen atoms in total. The van der Waals surface area contributed by atoms with Crippen LogP contribution >= 0.6 is 0 Å². The number of amides is 1. The molecule has 1 amide bonds. The number of sulfonamides is 1. The lowest BCUT2D eigenvalue weighted by atomic mass is 10.0. The van der Waals surface area contributed by atoms with Crippen molar-refractivity contribution in [3.8, 4) is 0 Å². The van der Waals surface area contributed by atoms with Crippen LogP contribution in [0.2, 0.25) is 0 Å². The highest BCUT2D eigenvalue weighted by molar-refractivity contribution is 7.92. The van der Waals surface area contributed by atoms with Gasteiger partial charge >= 0.3 is 6.09 Å². The molecule has 4 N–H and O–H groups in total. The zero-order chi connectivity index (χ0) is 21.3. The molecule has 2 aromatic heterocycles. The van der Waals surface area contributed by atoms with Crippen LogP contribution in [0.15, 0.2) is 18.3 Å².